The Labute approximate surface area is 405 Å². The molecule has 2 aromatic heterocycles. The molecule has 70 heavy (non-hydrogen) atoms. The Bertz CT molecular complexity index is 3820. The van der Waals surface area contributed by atoms with Gasteiger partial charge in [0.05, 0.1) is 22.8 Å². The minimum absolute atomic E-state index is 0.185. The van der Waals surface area contributed by atoms with E-state index in [1.54, 1.807) is 0 Å². The molecule has 0 amide bonds. The summed E-state index contributed by atoms with van der Waals surface area (Å²) in [5.41, 5.74) is 15.9. The van der Waals surface area contributed by atoms with Crippen LogP contribution < -0.4 is 9.47 Å². The van der Waals surface area contributed by atoms with E-state index in [0.29, 0.717) is 23.1 Å². The molecular weight excluding hydrogens is 855 g/mol. The van der Waals surface area contributed by atoms with Crippen molar-refractivity contribution in [1.29, 1.82) is 0 Å². The van der Waals surface area contributed by atoms with Crippen molar-refractivity contribution in [3.05, 3.63) is 271 Å². The van der Waals surface area contributed by atoms with Gasteiger partial charge in [-0.05, 0) is 87.3 Å². The Morgan fingerprint density at radius 2 is 1.06 bits per heavy atom. The van der Waals surface area contributed by atoms with Crippen molar-refractivity contribution < 1.29 is 9.47 Å². The first kappa shape index (κ1) is 40.0. The second-order valence-corrected chi connectivity index (χ2v) is 18.3. The van der Waals surface area contributed by atoms with Gasteiger partial charge in [0.15, 0.2) is 28.8 Å². The maximum atomic E-state index is 6.93. The van der Waals surface area contributed by atoms with E-state index in [9.17, 15) is 0 Å². The average Bonchev–Trinajstić information content (AvgIpc) is 3.94. The Hall–Kier alpha value is -9.06. The molecule has 3 aliphatic rings. The van der Waals surface area contributed by atoms with Gasteiger partial charge in [-0.2, -0.15) is 0 Å². The SMILES string of the molecule is C1=CC(n2c3ccccc3c3ccccc32)CC=C1c1cc(-c2ccc(-c3ccc4c(c3)Oc3ccc5c(c3O4)-c3ccccc3C5(c3ccccc3)c3ccccc3)cc2)nc(-c2ccccc2)n1. The number of ether oxygens (including phenoxy) is 2. The second-order valence-electron chi connectivity index (χ2n) is 18.3. The average molecular weight is 898 g/mol. The Morgan fingerprint density at radius 1 is 0.457 bits per heavy atom. The van der Waals surface area contributed by atoms with E-state index >= 15 is 0 Å². The van der Waals surface area contributed by atoms with Crippen molar-refractivity contribution in [1.82, 2.24) is 14.5 Å². The van der Waals surface area contributed by atoms with Crippen molar-refractivity contribution in [3.63, 3.8) is 0 Å². The van der Waals surface area contributed by atoms with E-state index in [1.807, 2.05) is 24.3 Å². The lowest BCUT2D eigenvalue weighted by Crippen LogP contribution is -2.28. The fourth-order valence-corrected chi connectivity index (χ4v) is 11.3. The number of para-hydroxylation sites is 2. The highest BCUT2D eigenvalue weighted by atomic mass is 16.6. The van der Waals surface area contributed by atoms with Crippen LogP contribution in [0.4, 0.5) is 0 Å². The highest BCUT2D eigenvalue weighted by Crippen LogP contribution is 2.62. The molecule has 5 heteroatoms. The minimum Gasteiger partial charge on any atom is -0.449 e. The summed E-state index contributed by atoms with van der Waals surface area (Å²) < 4.78 is 16.2. The van der Waals surface area contributed by atoms with Gasteiger partial charge in [-0.3, -0.25) is 0 Å². The quantitative estimate of drug-likeness (QED) is 0.160. The molecule has 0 radical (unpaired) electrons. The van der Waals surface area contributed by atoms with E-state index in [2.05, 4.69) is 223 Å². The Kier molecular flexibility index (Phi) is 9.18. The first-order valence-electron chi connectivity index (χ1n) is 24.0. The molecule has 14 rings (SSSR count). The van der Waals surface area contributed by atoms with Crippen molar-refractivity contribution >= 4 is 27.4 Å². The molecule has 0 saturated carbocycles. The number of aromatic nitrogens is 3. The van der Waals surface area contributed by atoms with Gasteiger partial charge < -0.3 is 14.0 Å². The molecule has 330 valence electrons. The van der Waals surface area contributed by atoms with Crippen molar-refractivity contribution in [2.75, 3.05) is 0 Å². The third-order valence-electron chi connectivity index (χ3n) is 14.5. The first-order chi connectivity index (χ1) is 34.7. The zero-order valence-electron chi connectivity index (χ0n) is 38.0. The fraction of sp³-hybridized carbons (Fsp3) is 0.0462. The second kappa shape index (κ2) is 16.0. The van der Waals surface area contributed by atoms with Crippen LogP contribution in [0.25, 0.3) is 72.3 Å². The van der Waals surface area contributed by atoms with E-state index in [1.165, 1.54) is 44.1 Å². The third kappa shape index (κ3) is 6.25. The smallest absolute Gasteiger partial charge is 0.178 e. The zero-order valence-corrected chi connectivity index (χ0v) is 38.0. The van der Waals surface area contributed by atoms with Crippen molar-refractivity contribution in [2.24, 2.45) is 0 Å². The number of hydrogen-bond acceptors (Lipinski definition) is 4. The lowest BCUT2D eigenvalue weighted by molar-refractivity contribution is 0.360. The van der Waals surface area contributed by atoms with Gasteiger partial charge in [0.25, 0.3) is 0 Å². The molecule has 0 saturated heterocycles. The molecule has 5 nitrogen and oxygen atoms in total. The van der Waals surface area contributed by atoms with Crippen LogP contribution in [0, 0.1) is 0 Å². The first-order valence-corrected chi connectivity index (χ1v) is 24.0. The van der Waals surface area contributed by atoms with Crippen LogP contribution in [0.1, 0.15) is 40.4 Å². The number of benzene rings is 9. The van der Waals surface area contributed by atoms with Gasteiger partial charge >= 0.3 is 0 Å². The normalized spacial score (nSPS) is 15.0. The van der Waals surface area contributed by atoms with Gasteiger partial charge in [0, 0.05) is 38.5 Å². The molecule has 1 unspecified atom stereocenters. The molecule has 0 spiro atoms. The number of hydrogen-bond donors (Lipinski definition) is 0. The van der Waals surface area contributed by atoms with E-state index in [0.717, 1.165) is 62.5 Å². The van der Waals surface area contributed by atoms with Gasteiger partial charge in [-0.25, -0.2) is 9.97 Å². The summed E-state index contributed by atoms with van der Waals surface area (Å²) in [7, 11) is 0. The largest absolute Gasteiger partial charge is 0.449 e. The Morgan fingerprint density at radius 3 is 1.76 bits per heavy atom. The summed E-state index contributed by atoms with van der Waals surface area (Å²) >= 11 is 0. The van der Waals surface area contributed by atoms with Gasteiger partial charge in [-0.1, -0.05) is 206 Å². The van der Waals surface area contributed by atoms with Crippen LogP contribution in [0.5, 0.6) is 23.0 Å². The third-order valence-corrected chi connectivity index (χ3v) is 14.5. The molecule has 2 aliphatic carbocycles. The lowest BCUT2D eigenvalue weighted by atomic mass is 9.68. The maximum Gasteiger partial charge on any atom is 0.178 e. The van der Waals surface area contributed by atoms with Crippen LogP contribution in [-0.4, -0.2) is 14.5 Å². The van der Waals surface area contributed by atoms with Crippen LogP contribution >= 0.6 is 0 Å². The lowest BCUT2D eigenvalue weighted by Gasteiger charge is -2.34. The molecule has 3 heterocycles. The predicted molar refractivity (Wildman–Crippen MR) is 282 cm³/mol. The van der Waals surface area contributed by atoms with Gasteiger partial charge in [-0.15, -0.1) is 0 Å². The van der Waals surface area contributed by atoms with Crippen LogP contribution in [-0.2, 0) is 5.41 Å². The van der Waals surface area contributed by atoms with Gasteiger partial charge in [0.1, 0.15) is 0 Å². The molecule has 0 bridgehead atoms. The monoisotopic (exact) mass is 897 g/mol. The van der Waals surface area contributed by atoms with Crippen LogP contribution in [0.15, 0.2) is 243 Å². The summed E-state index contributed by atoms with van der Waals surface area (Å²) in [6, 6.07) is 79.5. The van der Waals surface area contributed by atoms with Crippen LogP contribution in [0.3, 0.4) is 0 Å². The molecular formula is C65H43N3O2. The number of fused-ring (bicyclic) bond motifs is 9. The van der Waals surface area contributed by atoms with Crippen LogP contribution in [0.2, 0.25) is 0 Å². The maximum absolute atomic E-state index is 6.93. The highest BCUT2D eigenvalue weighted by Gasteiger charge is 2.48. The molecule has 0 fully saturated rings. The van der Waals surface area contributed by atoms with E-state index in [4.69, 9.17) is 19.4 Å². The predicted octanol–water partition coefficient (Wildman–Crippen LogP) is 16.4. The zero-order chi connectivity index (χ0) is 46.2. The van der Waals surface area contributed by atoms with Gasteiger partial charge in [0.2, 0.25) is 0 Å². The summed E-state index contributed by atoms with van der Waals surface area (Å²) in [6.07, 6.45) is 7.74. The number of allylic oxidation sites excluding steroid dienone is 4. The topological polar surface area (TPSA) is 49.2 Å². The van der Waals surface area contributed by atoms with Crippen molar-refractivity contribution in [3.8, 4) is 67.9 Å². The van der Waals surface area contributed by atoms with Crippen molar-refractivity contribution in [2.45, 2.75) is 17.9 Å². The van der Waals surface area contributed by atoms with E-state index in [-0.39, 0.29) is 6.04 Å². The molecule has 9 aromatic carbocycles. The molecule has 0 N–H and O–H groups in total. The summed E-state index contributed by atoms with van der Waals surface area (Å²) in [4.78, 5) is 10.3. The number of rotatable bonds is 7. The fourth-order valence-electron chi connectivity index (χ4n) is 11.3. The van der Waals surface area contributed by atoms with E-state index < -0.39 is 5.41 Å². The number of nitrogens with zero attached hydrogens (tertiary/aromatic N) is 3. The highest BCUT2D eigenvalue weighted by molar-refractivity contribution is 6.08. The molecule has 1 aliphatic heterocycles. The Balaban J connectivity index is 0.779. The standard InChI is InChI=1S/C65H43N3O2/c1-4-16-45(17-5-1)64-66-55(41-56(67-64)44-32-35-49(36-33-44)68-57-26-14-11-22-50(57)51-23-12-15-27-58(51)68)43-30-28-42(29-31-43)46-34-38-59-61(40-46)69-60-39-37-54-62(63(60)70-59)52-24-10-13-25-53(52)65(54,47-18-6-2-7-19-47)48-20-8-3-9-21-48/h1-35,37-41,49H,36H2. The summed E-state index contributed by atoms with van der Waals surface area (Å²) in [5.74, 6) is 3.50. The minimum atomic E-state index is -0.525. The summed E-state index contributed by atoms with van der Waals surface area (Å²) in [6.45, 7) is 0. The summed E-state index contributed by atoms with van der Waals surface area (Å²) in [5, 5.41) is 2.56. The molecule has 11 aromatic rings. The molecule has 1 atom stereocenters.